The van der Waals surface area contributed by atoms with E-state index in [2.05, 4.69) is 15.0 Å². The Morgan fingerprint density at radius 3 is 2.70 bits per heavy atom. The topological polar surface area (TPSA) is 79.6 Å². The van der Waals surface area contributed by atoms with E-state index in [1.807, 2.05) is 6.07 Å². The lowest BCUT2D eigenvalue weighted by Gasteiger charge is -2.42. The highest BCUT2D eigenvalue weighted by atomic mass is 19.1. The third-order valence-electron chi connectivity index (χ3n) is 7.20. The van der Waals surface area contributed by atoms with Gasteiger partial charge in [-0.15, -0.1) is 0 Å². The van der Waals surface area contributed by atoms with E-state index in [0.717, 1.165) is 36.8 Å². The first-order chi connectivity index (χ1) is 15.7. The number of esters is 1. The maximum absolute atomic E-state index is 14.8. The number of nitrogens with one attached hydrogen (secondary N) is 1. The van der Waals surface area contributed by atoms with Crippen LogP contribution in [0.25, 0.3) is 4.85 Å². The lowest BCUT2D eigenvalue weighted by molar-refractivity contribution is -0.167. The average molecular weight is 452 g/mol. The van der Waals surface area contributed by atoms with Crippen molar-refractivity contribution < 1.29 is 19.0 Å². The van der Waals surface area contributed by atoms with Crippen LogP contribution in [0, 0.1) is 18.3 Å². The van der Waals surface area contributed by atoms with E-state index >= 15 is 0 Å². The zero-order valence-electron chi connectivity index (χ0n) is 19.2. The predicted octanol–water partition coefficient (Wildman–Crippen LogP) is 5.57. The molecule has 6 nitrogen and oxygen atoms in total. The third-order valence-corrected chi connectivity index (χ3v) is 7.20. The fourth-order valence-corrected chi connectivity index (χ4v) is 5.19. The van der Waals surface area contributed by atoms with Gasteiger partial charge in [0.05, 0.1) is 17.3 Å². The number of carbonyl (C=O) groups excluding carboxylic acids is 1. The number of halogens is 1. The second kappa shape index (κ2) is 9.01. The molecule has 1 unspecified atom stereocenters. The van der Waals surface area contributed by atoms with Gasteiger partial charge >= 0.3 is 5.97 Å². The molecule has 2 heterocycles. The van der Waals surface area contributed by atoms with E-state index < -0.39 is 22.9 Å². The van der Waals surface area contributed by atoms with Crippen molar-refractivity contribution in [3.05, 3.63) is 75.8 Å². The number of benzene rings is 1. The summed E-state index contributed by atoms with van der Waals surface area (Å²) in [5, 5.41) is 17.5. The van der Waals surface area contributed by atoms with Gasteiger partial charge in [0.1, 0.15) is 17.2 Å². The fourth-order valence-electron chi connectivity index (χ4n) is 5.19. The van der Waals surface area contributed by atoms with E-state index in [0.29, 0.717) is 18.4 Å². The van der Waals surface area contributed by atoms with Gasteiger partial charge < -0.3 is 14.7 Å². The Bertz CT molecular complexity index is 1090. The van der Waals surface area contributed by atoms with Crippen LogP contribution in [-0.2, 0) is 27.9 Å². The SMILES string of the molecule is [C-]#[N+]C(C)(C)c1ccc(CCC2(C3CCCC3)CC(O)=C(Cc3cn[nH]c3)C(=O)O2)cc1F. The Hall–Kier alpha value is -3.14. The largest absolute Gasteiger partial charge is 0.512 e. The van der Waals surface area contributed by atoms with Crippen molar-refractivity contribution in [2.45, 2.75) is 76.4 Å². The molecule has 1 aliphatic carbocycles. The number of cyclic esters (lactones) is 1. The summed E-state index contributed by atoms with van der Waals surface area (Å²) in [5.41, 5.74) is 0.539. The highest BCUT2D eigenvalue weighted by molar-refractivity contribution is 5.90. The maximum atomic E-state index is 14.8. The standard InChI is InChI=1S/C26H30FN3O3/c1-25(2,28-3)21-9-8-17(13-22(21)27)10-11-26(19-6-4-5-7-19)14-23(31)20(24(32)33-26)12-18-15-29-30-16-18/h8-9,13,15-16,19,31H,4-7,10-12,14H2,1-2H3,(H,29,30). The number of rotatable bonds is 7. The molecule has 1 saturated carbocycles. The number of aliphatic hydroxyl groups excluding tert-OH is 1. The second-order valence-electron chi connectivity index (χ2n) is 9.81. The van der Waals surface area contributed by atoms with E-state index in [1.54, 1.807) is 32.3 Å². The molecular weight excluding hydrogens is 421 g/mol. The van der Waals surface area contributed by atoms with Crippen LogP contribution in [0.5, 0.6) is 0 Å². The first-order valence-corrected chi connectivity index (χ1v) is 11.5. The van der Waals surface area contributed by atoms with Gasteiger partial charge in [-0.2, -0.15) is 5.10 Å². The molecule has 0 spiro atoms. The number of hydrogen-bond donors (Lipinski definition) is 2. The summed E-state index contributed by atoms with van der Waals surface area (Å²) >= 11 is 0. The average Bonchev–Trinajstić information content (AvgIpc) is 3.49. The number of nitrogens with zero attached hydrogens (tertiary/aromatic N) is 2. The van der Waals surface area contributed by atoms with Crippen molar-refractivity contribution in [3.63, 3.8) is 0 Å². The normalized spacial score (nSPS) is 21.8. The predicted molar refractivity (Wildman–Crippen MR) is 122 cm³/mol. The molecule has 2 aromatic rings. The van der Waals surface area contributed by atoms with Crippen molar-refractivity contribution in [2.75, 3.05) is 0 Å². The molecule has 0 bridgehead atoms. The third kappa shape index (κ3) is 4.66. The molecule has 0 radical (unpaired) electrons. The van der Waals surface area contributed by atoms with Crippen molar-refractivity contribution in [1.82, 2.24) is 10.2 Å². The van der Waals surface area contributed by atoms with E-state index in [-0.39, 0.29) is 30.1 Å². The minimum atomic E-state index is -0.922. The molecule has 33 heavy (non-hydrogen) atoms. The van der Waals surface area contributed by atoms with E-state index in [9.17, 15) is 14.3 Å². The molecule has 7 heteroatoms. The highest BCUT2D eigenvalue weighted by Crippen LogP contribution is 2.46. The summed E-state index contributed by atoms with van der Waals surface area (Å²) < 4.78 is 20.9. The number of hydrogen-bond acceptors (Lipinski definition) is 4. The van der Waals surface area contributed by atoms with Gasteiger partial charge in [0.15, 0.2) is 0 Å². The Morgan fingerprint density at radius 2 is 2.09 bits per heavy atom. The maximum Gasteiger partial charge on any atom is 0.338 e. The quantitative estimate of drug-likeness (QED) is 0.426. The number of aromatic amines is 1. The molecule has 2 N–H and O–H groups in total. The van der Waals surface area contributed by atoms with Gasteiger partial charge in [-0.25, -0.2) is 15.8 Å². The molecule has 4 rings (SSSR count). The van der Waals surface area contributed by atoms with Gasteiger partial charge in [-0.1, -0.05) is 18.9 Å². The van der Waals surface area contributed by atoms with Gasteiger partial charge in [0, 0.05) is 32.9 Å². The summed E-state index contributed by atoms with van der Waals surface area (Å²) in [6, 6.07) is 5.01. The van der Waals surface area contributed by atoms with Crippen LogP contribution in [0.2, 0.25) is 0 Å². The zero-order chi connectivity index (χ0) is 23.6. The smallest absolute Gasteiger partial charge is 0.338 e. The van der Waals surface area contributed by atoms with Gasteiger partial charge in [0.25, 0.3) is 5.54 Å². The number of aliphatic hydroxyl groups is 1. The number of H-pyrrole nitrogens is 1. The number of carbonyl (C=O) groups is 1. The van der Waals surface area contributed by atoms with Crippen molar-refractivity contribution in [1.29, 1.82) is 0 Å². The molecule has 0 amide bonds. The fraction of sp³-hybridized carbons (Fsp3) is 0.500. The Balaban J connectivity index is 1.56. The number of aryl methyl sites for hydroxylation is 1. The summed E-state index contributed by atoms with van der Waals surface area (Å²) in [6.45, 7) is 10.7. The van der Waals surface area contributed by atoms with Crippen LogP contribution < -0.4 is 0 Å². The second-order valence-corrected chi connectivity index (χ2v) is 9.81. The minimum absolute atomic E-state index is 0.0830. The van der Waals surface area contributed by atoms with Gasteiger partial charge in [0.2, 0.25) is 0 Å². The lowest BCUT2D eigenvalue weighted by atomic mass is 9.76. The Kier molecular flexibility index (Phi) is 6.29. The molecule has 174 valence electrons. The first kappa shape index (κ1) is 23.0. The van der Waals surface area contributed by atoms with Crippen LogP contribution in [-0.4, -0.2) is 26.9 Å². The van der Waals surface area contributed by atoms with Crippen LogP contribution in [0.3, 0.4) is 0 Å². The van der Waals surface area contributed by atoms with Crippen LogP contribution in [0.1, 0.15) is 69.1 Å². The molecule has 1 fully saturated rings. The molecule has 1 aliphatic heterocycles. The Morgan fingerprint density at radius 1 is 1.33 bits per heavy atom. The van der Waals surface area contributed by atoms with Crippen molar-refractivity contribution in [2.24, 2.45) is 5.92 Å². The summed E-state index contributed by atoms with van der Waals surface area (Å²) in [7, 11) is 0. The van der Waals surface area contributed by atoms with Crippen LogP contribution >= 0.6 is 0 Å². The van der Waals surface area contributed by atoms with Crippen LogP contribution in [0.4, 0.5) is 4.39 Å². The monoisotopic (exact) mass is 451 g/mol. The molecular formula is C26H30FN3O3. The molecule has 1 atom stereocenters. The summed E-state index contributed by atoms with van der Waals surface area (Å²) in [5.74, 6) is -0.620. The first-order valence-electron chi connectivity index (χ1n) is 11.5. The molecule has 0 saturated heterocycles. The summed E-state index contributed by atoms with van der Waals surface area (Å²) in [4.78, 5) is 16.5. The minimum Gasteiger partial charge on any atom is -0.512 e. The number of ether oxygens (including phenoxy) is 1. The van der Waals surface area contributed by atoms with E-state index in [4.69, 9.17) is 11.3 Å². The lowest BCUT2D eigenvalue weighted by Crippen LogP contribution is -2.46. The zero-order valence-corrected chi connectivity index (χ0v) is 19.2. The van der Waals surface area contributed by atoms with Crippen LogP contribution in [0.15, 0.2) is 41.9 Å². The molecule has 2 aliphatic rings. The van der Waals surface area contributed by atoms with Gasteiger partial charge in [-0.3, -0.25) is 5.10 Å². The van der Waals surface area contributed by atoms with E-state index in [1.165, 1.54) is 6.07 Å². The molecule has 1 aromatic heterocycles. The summed E-state index contributed by atoms with van der Waals surface area (Å²) in [6.07, 6.45) is 8.94. The molecule has 1 aromatic carbocycles. The highest BCUT2D eigenvalue weighted by Gasteiger charge is 2.48. The van der Waals surface area contributed by atoms with Crippen molar-refractivity contribution >= 4 is 5.97 Å². The Labute approximate surface area is 193 Å². The van der Waals surface area contributed by atoms with Gasteiger partial charge in [-0.05, 0) is 54.9 Å². The van der Waals surface area contributed by atoms with Crippen molar-refractivity contribution in [3.8, 4) is 0 Å². The number of aromatic nitrogens is 2.